The van der Waals surface area contributed by atoms with Crippen LogP contribution in [0, 0.1) is 0 Å². The second-order valence-corrected chi connectivity index (χ2v) is 5.95. The summed E-state index contributed by atoms with van der Waals surface area (Å²) in [5.41, 5.74) is 0.274. The topological polar surface area (TPSA) is 23.6 Å². The number of nitrogens with zero attached hydrogens (tertiary/aromatic N) is 2. The molecule has 1 rings (SSSR count). The fourth-order valence-electron chi connectivity index (χ4n) is 2.38. The highest BCUT2D eigenvalue weighted by atomic mass is 16.1. The van der Waals surface area contributed by atoms with E-state index in [0.717, 1.165) is 26.2 Å². The Kier molecular flexibility index (Phi) is 4.51. The maximum Gasteiger partial charge on any atom is 0.131 e. The van der Waals surface area contributed by atoms with E-state index in [2.05, 4.69) is 37.5 Å². The molecule has 0 radical (unpaired) electrons. The molecule has 1 saturated heterocycles. The summed E-state index contributed by atoms with van der Waals surface area (Å²) < 4.78 is 0. The van der Waals surface area contributed by atoms with Gasteiger partial charge in [0.25, 0.3) is 0 Å². The van der Waals surface area contributed by atoms with Crippen molar-refractivity contribution in [2.75, 3.05) is 26.2 Å². The van der Waals surface area contributed by atoms with Crippen molar-refractivity contribution < 1.29 is 4.79 Å². The monoisotopic (exact) mass is 226 g/mol. The first-order valence-electron chi connectivity index (χ1n) is 6.29. The van der Waals surface area contributed by atoms with Crippen molar-refractivity contribution in [3.63, 3.8) is 0 Å². The van der Waals surface area contributed by atoms with Gasteiger partial charge in [-0.2, -0.15) is 0 Å². The first-order valence-corrected chi connectivity index (χ1v) is 6.29. The molecule has 94 valence electrons. The van der Waals surface area contributed by atoms with Crippen LogP contribution in [0.2, 0.25) is 0 Å². The van der Waals surface area contributed by atoms with Gasteiger partial charge < -0.3 is 0 Å². The first-order chi connectivity index (χ1) is 7.30. The van der Waals surface area contributed by atoms with E-state index in [4.69, 9.17) is 0 Å². The summed E-state index contributed by atoms with van der Waals surface area (Å²) in [4.78, 5) is 16.0. The van der Waals surface area contributed by atoms with Gasteiger partial charge in [0.05, 0.1) is 0 Å². The number of hydrogen-bond donors (Lipinski definition) is 0. The zero-order valence-corrected chi connectivity index (χ0v) is 11.4. The Hall–Kier alpha value is -0.410. The molecule has 0 N–H and O–H groups in total. The molecule has 1 unspecified atom stereocenters. The summed E-state index contributed by atoms with van der Waals surface area (Å²) in [6.07, 6.45) is 0.690. The minimum absolute atomic E-state index is 0.274. The number of hydrogen-bond acceptors (Lipinski definition) is 3. The lowest BCUT2D eigenvalue weighted by atomic mass is 10.0. The molecule has 1 heterocycles. The van der Waals surface area contributed by atoms with Crippen molar-refractivity contribution >= 4 is 5.78 Å². The van der Waals surface area contributed by atoms with Crippen LogP contribution < -0.4 is 0 Å². The number of carbonyl (C=O) groups excluding carboxylic acids is 1. The van der Waals surface area contributed by atoms with Crippen molar-refractivity contribution in [1.82, 2.24) is 9.80 Å². The average Bonchev–Trinajstić information content (AvgIpc) is 2.15. The van der Waals surface area contributed by atoms with Crippen molar-refractivity contribution in [1.29, 1.82) is 0 Å². The maximum atomic E-state index is 11.1. The van der Waals surface area contributed by atoms with Crippen LogP contribution >= 0.6 is 0 Å². The molecular formula is C13H26N2O. The van der Waals surface area contributed by atoms with Crippen molar-refractivity contribution in [3.8, 4) is 0 Å². The van der Waals surface area contributed by atoms with E-state index >= 15 is 0 Å². The Labute approximate surface area is 99.8 Å². The Balaban J connectivity index is 2.40. The second kappa shape index (κ2) is 5.28. The molecule has 1 aliphatic heterocycles. The van der Waals surface area contributed by atoms with E-state index in [1.807, 2.05) is 0 Å². The molecule has 1 fully saturated rings. The summed E-state index contributed by atoms with van der Waals surface area (Å²) in [7, 11) is 0. The third kappa shape index (κ3) is 3.87. The minimum Gasteiger partial charge on any atom is -0.300 e. The highest BCUT2D eigenvalue weighted by Crippen LogP contribution is 2.17. The summed E-state index contributed by atoms with van der Waals surface area (Å²) >= 11 is 0. The van der Waals surface area contributed by atoms with Crippen molar-refractivity contribution in [2.45, 2.75) is 52.6 Å². The van der Waals surface area contributed by atoms with Gasteiger partial charge in [-0.1, -0.05) is 0 Å². The van der Waals surface area contributed by atoms with Gasteiger partial charge in [0.2, 0.25) is 0 Å². The zero-order valence-electron chi connectivity index (χ0n) is 11.4. The molecule has 0 bridgehead atoms. The first kappa shape index (κ1) is 13.7. The fraction of sp³-hybridized carbons (Fsp3) is 0.923. The summed E-state index contributed by atoms with van der Waals surface area (Å²) in [5, 5.41) is 0. The van der Waals surface area contributed by atoms with E-state index in [-0.39, 0.29) is 5.54 Å². The van der Waals surface area contributed by atoms with E-state index in [9.17, 15) is 4.79 Å². The van der Waals surface area contributed by atoms with Crippen LogP contribution in [0.1, 0.15) is 41.0 Å². The highest BCUT2D eigenvalue weighted by molar-refractivity contribution is 5.76. The van der Waals surface area contributed by atoms with E-state index in [1.165, 1.54) is 0 Å². The van der Waals surface area contributed by atoms with Crippen LogP contribution in [0.3, 0.4) is 0 Å². The van der Waals surface area contributed by atoms with Crippen LogP contribution in [0.4, 0.5) is 0 Å². The SMILES string of the molecule is CC(=O)CC(C)N1CCN(C(C)(C)C)CC1. The number of carbonyl (C=O) groups is 1. The van der Waals surface area contributed by atoms with Crippen LogP contribution in [0.25, 0.3) is 0 Å². The van der Waals surface area contributed by atoms with Crippen LogP contribution in [-0.2, 0) is 4.79 Å². The van der Waals surface area contributed by atoms with Crippen LogP contribution in [0.15, 0.2) is 0 Å². The Morgan fingerprint density at radius 2 is 1.69 bits per heavy atom. The maximum absolute atomic E-state index is 11.1. The Morgan fingerprint density at radius 3 is 2.06 bits per heavy atom. The Bertz CT molecular complexity index is 237. The van der Waals surface area contributed by atoms with E-state index in [1.54, 1.807) is 6.92 Å². The van der Waals surface area contributed by atoms with Gasteiger partial charge >= 0.3 is 0 Å². The quantitative estimate of drug-likeness (QED) is 0.733. The predicted molar refractivity (Wildman–Crippen MR) is 67.7 cm³/mol. The molecule has 1 aliphatic rings. The van der Waals surface area contributed by atoms with Crippen LogP contribution in [-0.4, -0.2) is 53.3 Å². The normalized spacial score (nSPS) is 22.1. The molecule has 0 saturated carbocycles. The largest absolute Gasteiger partial charge is 0.300 e. The molecule has 0 aromatic heterocycles. The van der Waals surface area contributed by atoms with Gasteiger partial charge in [-0.3, -0.25) is 14.6 Å². The summed E-state index contributed by atoms with van der Waals surface area (Å²) in [6.45, 7) is 15.1. The lowest BCUT2D eigenvalue weighted by Gasteiger charge is -2.44. The number of Topliss-reactive ketones (excluding diaryl/α,β-unsaturated/α-hetero) is 1. The Morgan fingerprint density at radius 1 is 1.19 bits per heavy atom. The molecule has 0 aromatic rings. The fourth-order valence-corrected chi connectivity index (χ4v) is 2.38. The summed E-state index contributed by atoms with van der Waals surface area (Å²) in [5.74, 6) is 0.297. The van der Waals surface area contributed by atoms with Gasteiger partial charge in [-0.25, -0.2) is 0 Å². The molecule has 0 amide bonds. The highest BCUT2D eigenvalue weighted by Gasteiger charge is 2.27. The average molecular weight is 226 g/mol. The molecular weight excluding hydrogens is 200 g/mol. The summed E-state index contributed by atoms with van der Waals surface area (Å²) in [6, 6.07) is 0.402. The predicted octanol–water partition coefficient (Wildman–Crippen LogP) is 1.77. The standard InChI is InChI=1S/C13H26N2O/c1-11(10-12(2)16)14-6-8-15(9-7-14)13(3,4)5/h11H,6-10H2,1-5H3. The van der Waals surface area contributed by atoms with Crippen molar-refractivity contribution in [3.05, 3.63) is 0 Å². The van der Waals surface area contributed by atoms with Crippen LogP contribution in [0.5, 0.6) is 0 Å². The molecule has 0 aliphatic carbocycles. The number of piperazine rings is 1. The number of rotatable bonds is 3. The molecule has 0 aromatic carbocycles. The number of ketones is 1. The third-order valence-electron chi connectivity index (χ3n) is 3.47. The molecule has 3 heteroatoms. The lowest BCUT2D eigenvalue weighted by Crippen LogP contribution is -2.55. The van der Waals surface area contributed by atoms with Gasteiger partial charge in [0.1, 0.15) is 5.78 Å². The van der Waals surface area contributed by atoms with Gasteiger partial charge in [-0.05, 0) is 34.6 Å². The zero-order chi connectivity index (χ0) is 12.3. The van der Waals surface area contributed by atoms with E-state index in [0.29, 0.717) is 18.2 Å². The smallest absolute Gasteiger partial charge is 0.131 e. The van der Waals surface area contributed by atoms with E-state index < -0.39 is 0 Å². The molecule has 16 heavy (non-hydrogen) atoms. The van der Waals surface area contributed by atoms with Crippen molar-refractivity contribution in [2.24, 2.45) is 0 Å². The van der Waals surface area contributed by atoms with Gasteiger partial charge in [-0.15, -0.1) is 0 Å². The van der Waals surface area contributed by atoms with Gasteiger partial charge in [0.15, 0.2) is 0 Å². The lowest BCUT2D eigenvalue weighted by molar-refractivity contribution is -0.118. The minimum atomic E-state index is 0.274. The molecule has 1 atom stereocenters. The second-order valence-electron chi connectivity index (χ2n) is 5.95. The molecule has 3 nitrogen and oxygen atoms in total. The molecule has 0 spiro atoms. The van der Waals surface area contributed by atoms with Gasteiger partial charge in [0, 0.05) is 44.2 Å². The third-order valence-corrected chi connectivity index (χ3v) is 3.47.